The second-order valence-electron chi connectivity index (χ2n) is 6.61. The van der Waals surface area contributed by atoms with Gasteiger partial charge in [-0.2, -0.15) is 0 Å². The molecule has 1 aliphatic rings. The lowest BCUT2D eigenvalue weighted by Crippen LogP contribution is -2.02. The first-order valence-electron chi connectivity index (χ1n) is 9.94. The summed E-state index contributed by atoms with van der Waals surface area (Å²) < 4.78 is 11.7. The molecule has 1 fully saturated rings. The molecule has 0 aromatic heterocycles. The van der Waals surface area contributed by atoms with Gasteiger partial charge in [0.1, 0.15) is 11.5 Å². The summed E-state index contributed by atoms with van der Waals surface area (Å²) in [5.41, 5.74) is 5.76. The van der Waals surface area contributed by atoms with Crippen LogP contribution in [0.1, 0.15) is 37.8 Å². The van der Waals surface area contributed by atoms with Crippen molar-refractivity contribution in [2.75, 3.05) is 13.2 Å². The summed E-state index contributed by atoms with van der Waals surface area (Å²) in [6, 6.07) is 20.9. The van der Waals surface area contributed by atoms with Crippen LogP contribution in [-0.4, -0.2) is 13.2 Å². The first-order valence-corrected chi connectivity index (χ1v) is 9.94. The maximum Gasteiger partial charge on any atom is 0.129 e. The van der Waals surface area contributed by atoms with E-state index in [0.717, 1.165) is 29.7 Å². The van der Waals surface area contributed by atoms with Crippen LogP contribution in [0.3, 0.4) is 0 Å². The van der Waals surface area contributed by atoms with Crippen LogP contribution in [0.5, 0.6) is 0 Å². The minimum atomic E-state index is 0.582. The highest BCUT2D eigenvalue weighted by atomic mass is 16.5. The molecule has 3 rings (SSSR count). The summed E-state index contributed by atoms with van der Waals surface area (Å²) in [4.78, 5) is 0. The van der Waals surface area contributed by atoms with E-state index in [4.69, 9.17) is 9.47 Å². The number of rotatable bonds is 9. The largest absolute Gasteiger partial charge is 0.494 e. The topological polar surface area (TPSA) is 18.5 Å². The molecule has 1 aliphatic carbocycles. The van der Waals surface area contributed by atoms with Gasteiger partial charge >= 0.3 is 0 Å². The summed E-state index contributed by atoms with van der Waals surface area (Å²) in [7, 11) is 0. The van der Waals surface area contributed by atoms with Crippen LogP contribution in [0.4, 0.5) is 0 Å². The molecule has 0 unspecified atom stereocenters. The van der Waals surface area contributed by atoms with E-state index in [1.165, 1.54) is 16.7 Å². The molecule has 0 N–H and O–H groups in total. The Morgan fingerprint density at radius 2 is 1.36 bits per heavy atom. The highest BCUT2D eigenvalue weighted by molar-refractivity contribution is 5.81. The Morgan fingerprint density at radius 1 is 0.821 bits per heavy atom. The second kappa shape index (κ2) is 9.80. The maximum atomic E-state index is 5.98. The monoisotopic (exact) mass is 372 g/mol. The quantitative estimate of drug-likeness (QED) is 0.361. The minimum Gasteiger partial charge on any atom is -0.494 e. The number of hydrogen-bond donors (Lipinski definition) is 0. The smallest absolute Gasteiger partial charge is 0.129 e. The van der Waals surface area contributed by atoms with Crippen LogP contribution in [-0.2, 0) is 9.47 Å². The molecule has 28 heavy (non-hydrogen) atoms. The molecule has 0 heterocycles. The maximum absolute atomic E-state index is 5.98. The van der Waals surface area contributed by atoms with Gasteiger partial charge in [-0.1, -0.05) is 73.3 Å². The van der Waals surface area contributed by atoms with E-state index in [2.05, 4.69) is 67.3 Å². The number of hydrogen-bond acceptors (Lipinski definition) is 2. The zero-order valence-electron chi connectivity index (χ0n) is 16.8. The van der Waals surface area contributed by atoms with Gasteiger partial charge in [-0.15, -0.1) is 0 Å². The van der Waals surface area contributed by atoms with Crippen molar-refractivity contribution in [2.45, 2.75) is 26.7 Å². The lowest BCUT2D eigenvalue weighted by Gasteiger charge is -2.16. The SMILES string of the molecule is C=C(OCC)/C(=C\C=C(c1ccccc1)c1ccccc1)C(OCC)=C1CC1. The zero-order valence-corrected chi connectivity index (χ0v) is 16.8. The van der Waals surface area contributed by atoms with E-state index in [0.29, 0.717) is 19.0 Å². The molecule has 1 saturated carbocycles. The van der Waals surface area contributed by atoms with E-state index in [9.17, 15) is 0 Å². The van der Waals surface area contributed by atoms with Crippen molar-refractivity contribution in [3.05, 3.63) is 113 Å². The average Bonchev–Trinajstić information content (AvgIpc) is 3.57. The van der Waals surface area contributed by atoms with Gasteiger partial charge in [0.15, 0.2) is 0 Å². The molecule has 2 aromatic rings. The number of benzene rings is 2. The average molecular weight is 373 g/mol. The van der Waals surface area contributed by atoms with E-state index in [-0.39, 0.29) is 0 Å². The third-order valence-corrected chi connectivity index (χ3v) is 4.56. The minimum absolute atomic E-state index is 0.582. The van der Waals surface area contributed by atoms with Gasteiger partial charge in [0.05, 0.1) is 18.8 Å². The Kier molecular flexibility index (Phi) is 6.91. The van der Waals surface area contributed by atoms with Gasteiger partial charge in [-0.3, -0.25) is 0 Å². The standard InChI is InChI=1S/C26H28O2/c1-4-27-20(3)24(26(28-5-2)23-16-17-23)18-19-25(21-12-8-6-9-13-21)22-14-10-7-11-15-22/h6-15,18-19H,3-5,16-17H2,1-2H3/b24-18+. The molecule has 0 spiro atoms. The lowest BCUT2D eigenvalue weighted by molar-refractivity contribution is 0.211. The zero-order chi connectivity index (χ0) is 19.8. The summed E-state index contributed by atoms with van der Waals surface area (Å²) in [5, 5.41) is 0. The van der Waals surface area contributed by atoms with Crippen molar-refractivity contribution >= 4 is 5.57 Å². The predicted molar refractivity (Wildman–Crippen MR) is 117 cm³/mol. The molecule has 0 atom stereocenters. The Hall–Kier alpha value is -3.00. The van der Waals surface area contributed by atoms with Crippen molar-refractivity contribution in [1.29, 1.82) is 0 Å². The summed E-state index contributed by atoms with van der Waals surface area (Å²) in [5.74, 6) is 1.58. The fourth-order valence-corrected chi connectivity index (χ4v) is 3.11. The fraction of sp³-hybridized carbons (Fsp3) is 0.231. The van der Waals surface area contributed by atoms with Crippen LogP contribution < -0.4 is 0 Å². The third-order valence-electron chi connectivity index (χ3n) is 4.56. The van der Waals surface area contributed by atoms with Gasteiger partial charge < -0.3 is 9.47 Å². The summed E-state index contributed by atoms with van der Waals surface area (Å²) in [6.45, 7) is 9.35. The Bertz CT molecular complexity index is 839. The van der Waals surface area contributed by atoms with Crippen LogP contribution in [0.2, 0.25) is 0 Å². The Labute approximate surface area is 168 Å². The Morgan fingerprint density at radius 3 is 1.82 bits per heavy atom. The van der Waals surface area contributed by atoms with E-state index in [1.807, 2.05) is 26.0 Å². The first-order chi connectivity index (χ1) is 13.7. The number of allylic oxidation sites excluding steroid dienone is 3. The second-order valence-corrected chi connectivity index (χ2v) is 6.61. The highest BCUT2D eigenvalue weighted by Crippen LogP contribution is 2.37. The van der Waals surface area contributed by atoms with Crippen LogP contribution >= 0.6 is 0 Å². The fourth-order valence-electron chi connectivity index (χ4n) is 3.11. The van der Waals surface area contributed by atoms with Crippen molar-refractivity contribution in [2.24, 2.45) is 0 Å². The third kappa shape index (κ3) is 5.04. The predicted octanol–water partition coefficient (Wildman–Crippen LogP) is 6.68. The van der Waals surface area contributed by atoms with Gasteiger partial charge in [0, 0.05) is 0 Å². The van der Waals surface area contributed by atoms with E-state index >= 15 is 0 Å². The van der Waals surface area contributed by atoms with Crippen molar-refractivity contribution in [3.8, 4) is 0 Å². The molecule has 2 heteroatoms. The van der Waals surface area contributed by atoms with Crippen molar-refractivity contribution in [1.82, 2.24) is 0 Å². The Balaban J connectivity index is 2.09. The molecule has 0 aliphatic heterocycles. The molecule has 144 valence electrons. The van der Waals surface area contributed by atoms with Crippen LogP contribution in [0, 0.1) is 0 Å². The van der Waals surface area contributed by atoms with Gasteiger partial charge in [-0.05, 0) is 55.0 Å². The molecular weight excluding hydrogens is 344 g/mol. The van der Waals surface area contributed by atoms with Crippen LogP contribution in [0.25, 0.3) is 5.57 Å². The molecule has 2 nitrogen and oxygen atoms in total. The van der Waals surface area contributed by atoms with Gasteiger partial charge in [-0.25, -0.2) is 0 Å². The van der Waals surface area contributed by atoms with Gasteiger partial charge in [0.2, 0.25) is 0 Å². The van der Waals surface area contributed by atoms with Gasteiger partial charge in [0.25, 0.3) is 0 Å². The molecule has 0 radical (unpaired) electrons. The summed E-state index contributed by atoms with van der Waals surface area (Å²) in [6.07, 6.45) is 6.40. The van der Waals surface area contributed by atoms with E-state index < -0.39 is 0 Å². The lowest BCUT2D eigenvalue weighted by atomic mass is 9.97. The molecule has 0 saturated heterocycles. The first kappa shape index (κ1) is 19.8. The number of ether oxygens (including phenoxy) is 2. The van der Waals surface area contributed by atoms with Crippen molar-refractivity contribution in [3.63, 3.8) is 0 Å². The molecular formula is C26H28O2. The van der Waals surface area contributed by atoms with Crippen molar-refractivity contribution < 1.29 is 9.47 Å². The van der Waals surface area contributed by atoms with Crippen LogP contribution in [0.15, 0.2) is 102 Å². The molecule has 0 bridgehead atoms. The molecule has 2 aromatic carbocycles. The highest BCUT2D eigenvalue weighted by Gasteiger charge is 2.23. The normalized spacial score (nSPS) is 12.9. The molecule has 0 amide bonds. The summed E-state index contributed by atoms with van der Waals surface area (Å²) >= 11 is 0. The van der Waals surface area contributed by atoms with E-state index in [1.54, 1.807) is 0 Å².